The van der Waals surface area contributed by atoms with Crippen LogP contribution in [0.5, 0.6) is 0 Å². The van der Waals surface area contributed by atoms with E-state index in [1.807, 2.05) is 0 Å². The smallest absolute Gasteiger partial charge is 0.312 e. The molecular formula is C13H16O2. The molecular weight excluding hydrogens is 188 g/mol. The van der Waals surface area contributed by atoms with Gasteiger partial charge in [0.1, 0.15) is 0 Å². The van der Waals surface area contributed by atoms with Crippen LogP contribution in [-0.2, 0) is 9.53 Å². The van der Waals surface area contributed by atoms with Crippen molar-refractivity contribution < 1.29 is 9.53 Å². The number of methoxy groups -OCH3 is 1. The highest BCUT2D eigenvalue weighted by Gasteiger charge is 2.79. The van der Waals surface area contributed by atoms with Gasteiger partial charge in [0.2, 0.25) is 0 Å². The van der Waals surface area contributed by atoms with Gasteiger partial charge in [-0.1, -0.05) is 5.92 Å². The molecule has 3 rings (SSSR count). The van der Waals surface area contributed by atoms with E-state index in [-0.39, 0.29) is 22.2 Å². The van der Waals surface area contributed by atoms with Crippen LogP contribution in [0.1, 0.15) is 38.5 Å². The van der Waals surface area contributed by atoms with E-state index >= 15 is 0 Å². The van der Waals surface area contributed by atoms with E-state index < -0.39 is 0 Å². The Morgan fingerprint density at radius 1 is 1.20 bits per heavy atom. The van der Waals surface area contributed by atoms with Crippen LogP contribution in [0.3, 0.4) is 0 Å². The molecule has 0 heterocycles. The summed E-state index contributed by atoms with van der Waals surface area (Å²) in [6.45, 7) is 0. The summed E-state index contributed by atoms with van der Waals surface area (Å²) in [7, 11) is 1.50. The highest BCUT2D eigenvalue weighted by Crippen LogP contribution is 2.82. The molecule has 0 N–H and O–H groups in total. The minimum Gasteiger partial charge on any atom is -0.469 e. The van der Waals surface area contributed by atoms with E-state index in [0.717, 1.165) is 38.5 Å². The SMILES string of the molecule is C#CC12CCC3(C(=O)OC)CCC13CC2. The Labute approximate surface area is 90.4 Å². The summed E-state index contributed by atoms with van der Waals surface area (Å²) in [6, 6.07) is 0. The van der Waals surface area contributed by atoms with Crippen LogP contribution in [0.2, 0.25) is 0 Å². The van der Waals surface area contributed by atoms with Crippen LogP contribution in [-0.4, -0.2) is 13.1 Å². The number of carbonyl (C=O) groups is 1. The summed E-state index contributed by atoms with van der Waals surface area (Å²) < 4.78 is 4.99. The van der Waals surface area contributed by atoms with Crippen LogP contribution in [0.15, 0.2) is 0 Å². The molecule has 0 aromatic rings. The Morgan fingerprint density at radius 3 is 2.20 bits per heavy atom. The van der Waals surface area contributed by atoms with Gasteiger partial charge >= 0.3 is 5.97 Å². The van der Waals surface area contributed by atoms with Crippen LogP contribution in [0.25, 0.3) is 0 Å². The standard InChI is InChI=1S/C13H16O2/c1-3-11-4-6-12(10(14)15-2)7-9-13(11,12)8-5-11/h1H,4-9H2,2H3. The lowest BCUT2D eigenvalue weighted by Gasteiger charge is -2.65. The minimum atomic E-state index is -0.202. The summed E-state index contributed by atoms with van der Waals surface area (Å²) in [5, 5.41) is 0. The molecule has 3 aliphatic rings. The zero-order valence-electron chi connectivity index (χ0n) is 9.14. The predicted octanol–water partition coefficient (Wildman–Crippen LogP) is 2.13. The van der Waals surface area contributed by atoms with E-state index in [2.05, 4.69) is 5.92 Å². The number of ether oxygens (including phenoxy) is 1. The molecule has 0 aliphatic heterocycles. The van der Waals surface area contributed by atoms with Gasteiger partial charge in [-0.25, -0.2) is 0 Å². The maximum Gasteiger partial charge on any atom is 0.312 e. The first-order valence-corrected chi connectivity index (χ1v) is 5.73. The highest BCUT2D eigenvalue weighted by molar-refractivity contribution is 5.81. The summed E-state index contributed by atoms with van der Waals surface area (Å²) in [4.78, 5) is 11.9. The molecule has 2 nitrogen and oxygen atoms in total. The topological polar surface area (TPSA) is 26.3 Å². The fraction of sp³-hybridized carbons (Fsp3) is 0.769. The molecule has 1 spiro atoms. The van der Waals surface area contributed by atoms with Gasteiger partial charge in [0.05, 0.1) is 12.5 Å². The zero-order valence-corrected chi connectivity index (χ0v) is 9.14. The van der Waals surface area contributed by atoms with E-state index in [9.17, 15) is 4.79 Å². The van der Waals surface area contributed by atoms with Gasteiger partial charge in [-0.2, -0.15) is 0 Å². The summed E-state index contributed by atoms with van der Waals surface area (Å²) >= 11 is 0. The van der Waals surface area contributed by atoms with Crippen LogP contribution in [0.4, 0.5) is 0 Å². The monoisotopic (exact) mass is 204 g/mol. The molecule has 3 fully saturated rings. The van der Waals surface area contributed by atoms with Crippen LogP contribution >= 0.6 is 0 Å². The first-order valence-electron chi connectivity index (χ1n) is 5.73. The van der Waals surface area contributed by atoms with Crippen LogP contribution in [0, 0.1) is 28.6 Å². The fourth-order valence-corrected chi connectivity index (χ4v) is 4.55. The molecule has 3 atom stereocenters. The minimum absolute atomic E-state index is 0.00873. The number of rotatable bonds is 1. The third-order valence-electron chi connectivity index (χ3n) is 5.62. The Kier molecular flexibility index (Phi) is 1.48. The second kappa shape index (κ2) is 2.40. The molecule has 3 unspecified atom stereocenters. The number of terminal acetylenes is 1. The number of hydrogen-bond donors (Lipinski definition) is 0. The van der Waals surface area contributed by atoms with Crippen LogP contribution < -0.4 is 0 Å². The average Bonchev–Trinajstić information content (AvgIpc) is 2.32. The molecule has 0 aromatic carbocycles. The molecule has 3 saturated carbocycles. The molecule has 0 amide bonds. The highest BCUT2D eigenvalue weighted by atomic mass is 16.5. The Morgan fingerprint density at radius 2 is 1.80 bits per heavy atom. The second-order valence-electron chi connectivity index (χ2n) is 5.38. The van der Waals surface area contributed by atoms with Crippen molar-refractivity contribution in [2.75, 3.05) is 7.11 Å². The maximum absolute atomic E-state index is 11.9. The van der Waals surface area contributed by atoms with E-state index in [0.29, 0.717) is 0 Å². The summed E-state index contributed by atoms with van der Waals surface area (Å²) in [5.41, 5.74) is -0.0341. The lowest BCUT2D eigenvalue weighted by Crippen LogP contribution is -2.64. The molecule has 3 aliphatic carbocycles. The van der Waals surface area contributed by atoms with Gasteiger partial charge in [0, 0.05) is 10.8 Å². The third kappa shape index (κ3) is 0.659. The molecule has 80 valence electrons. The first kappa shape index (κ1) is 9.27. The van der Waals surface area contributed by atoms with Gasteiger partial charge in [0.25, 0.3) is 0 Å². The number of esters is 1. The normalized spacial score (nSPS) is 50.4. The molecule has 15 heavy (non-hydrogen) atoms. The lowest BCUT2D eigenvalue weighted by molar-refractivity contribution is -0.204. The summed E-state index contributed by atoms with van der Waals surface area (Å²) in [6.07, 6.45) is 12.0. The largest absolute Gasteiger partial charge is 0.469 e. The fourth-order valence-electron chi connectivity index (χ4n) is 4.55. The Hall–Kier alpha value is -0.970. The van der Waals surface area contributed by atoms with E-state index in [1.54, 1.807) is 0 Å². The number of carbonyl (C=O) groups excluding carboxylic acids is 1. The van der Waals surface area contributed by atoms with Crippen molar-refractivity contribution in [1.82, 2.24) is 0 Å². The molecule has 2 heteroatoms. The van der Waals surface area contributed by atoms with E-state index in [1.165, 1.54) is 7.11 Å². The van der Waals surface area contributed by atoms with Gasteiger partial charge in [-0.05, 0) is 38.5 Å². The van der Waals surface area contributed by atoms with Gasteiger partial charge < -0.3 is 4.74 Å². The maximum atomic E-state index is 11.9. The van der Waals surface area contributed by atoms with Crippen molar-refractivity contribution in [2.45, 2.75) is 38.5 Å². The van der Waals surface area contributed by atoms with Gasteiger partial charge in [-0.15, -0.1) is 6.42 Å². The van der Waals surface area contributed by atoms with Crippen molar-refractivity contribution in [2.24, 2.45) is 16.2 Å². The van der Waals surface area contributed by atoms with Crippen molar-refractivity contribution in [3.63, 3.8) is 0 Å². The molecule has 0 aromatic heterocycles. The van der Waals surface area contributed by atoms with E-state index in [4.69, 9.17) is 11.2 Å². The molecule has 0 saturated heterocycles. The van der Waals surface area contributed by atoms with Crippen molar-refractivity contribution in [1.29, 1.82) is 0 Å². The summed E-state index contributed by atoms with van der Waals surface area (Å²) in [5.74, 6) is 2.99. The van der Waals surface area contributed by atoms with Gasteiger partial charge in [0.15, 0.2) is 0 Å². The van der Waals surface area contributed by atoms with Gasteiger partial charge in [-0.3, -0.25) is 4.79 Å². The number of hydrogen-bond acceptors (Lipinski definition) is 2. The third-order valence-corrected chi connectivity index (χ3v) is 5.62. The quantitative estimate of drug-likeness (QED) is 0.483. The average molecular weight is 204 g/mol. The first-order chi connectivity index (χ1) is 7.16. The Bertz CT molecular complexity index is 376. The predicted molar refractivity (Wildman–Crippen MR) is 55.9 cm³/mol. The lowest BCUT2D eigenvalue weighted by atomic mass is 9.36. The van der Waals surface area contributed by atoms with Crippen molar-refractivity contribution in [3.8, 4) is 12.3 Å². The zero-order chi connectivity index (χ0) is 10.7. The van der Waals surface area contributed by atoms with Crippen molar-refractivity contribution >= 4 is 5.97 Å². The van der Waals surface area contributed by atoms with Crippen molar-refractivity contribution in [3.05, 3.63) is 0 Å². The second-order valence-corrected chi connectivity index (χ2v) is 5.38. The molecule has 0 radical (unpaired) electrons. The molecule has 0 bridgehead atoms. The Balaban J connectivity index is 2.04.